The summed E-state index contributed by atoms with van der Waals surface area (Å²) in [6, 6.07) is 0. The van der Waals surface area contributed by atoms with E-state index in [4.69, 9.17) is 0 Å². The van der Waals surface area contributed by atoms with E-state index in [0.29, 0.717) is 13.1 Å². The summed E-state index contributed by atoms with van der Waals surface area (Å²) in [5, 5.41) is 0. The molecule has 0 aromatic heterocycles. The average Bonchev–Trinajstić information content (AvgIpc) is 3.58. The molecule has 2 heterocycles. The first-order valence-corrected chi connectivity index (χ1v) is 20.2. The van der Waals surface area contributed by atoms with E-state index in [0.717, 1.165) is 37.5 Å². The molecule has 0 saturated heterocycles. The molecule has 2 aliphatic heterocycles. The lowest BCUT2D eigenvalue weighted by Crippen LogP contribution is -2.30. The number of nitrogens with zero attached hydrogens (tertiary/aromatic N) is 2. The molecule has 3 aliphatic rings. The number of hydrogen-bond acceptors (Lipinski definition) is 4. The Hall–Kier alpha value is -2.50. The summed E-state index contributed by atoms with van der Waals surface area (Å²) in [5.74, 6) is 1.01. The highest BCUT2D eigenvalue weighted by Crippen LogP contribution is 2.43. The van der Waals surface area contributed by atoms with E-state index in [2.05, 4.69) is 13.8 Å². The lowest BCUT2D eigenvalue weighted by atomic mass is 9.70. The standard InChI is InChI=1S/C42H68N2O4/c1-3-5-7-11-17-23-35-33-36(24-18-12-8-6-4-2)38(26-20-14-10-16-22-32-44-41(47)29-30-42(44)48)34-37(35)25-19-13-9-15-21-31-43-39(45)27-28-40(43)46/h27-30,35,37H,3-26,31-34H2,1-2H3. The van der Waals surface area contributed by atoms with Gasteiger partial charge in [0.05, 0.1) is 0 Å². The molecular formula is C42H68N2O4. The molecule has 2 atom stereocenters. The molecule has 48 heavy (non-hydrogen) atoms. The Morgan fingerprint density at radius 3 is 1.12 bits per heavy atom. The van der Waals surface area contributed by atoms with Gasteiger partial charge in [0.15, 0.2) is 0 Å². The van der Waals surface area contributed by atoms with Crippen molar-refractivity contribution in [3.63, 3.8) is 0 Å². The number of carbonyl (C=O) groups is 4. The maximum Gasteiger partial charge on any atom is 0.253 e. The predicted octanol–water partition coefficient (Wildman–Crippen LogP) is 10.6. The molecule has 0 bridgehead atoms. The molecule has 1 aliphatic carbocycles. The second-order valence-electron chi connectivity index (χ2n) is 14.9. The Morgan fingerprint density at radius 1 is 0.438 bits per heavy atom. The Balaban J connectivity index is 1.48. The monoisotopic (exact) mass is 665 g/mol. The van der Waals surface area contributed by atoms with Crippen LogP contribution >= 0.6 is 0 Å². The van der Waals surface area contributed by atoms with Crippen molar-refractivity contribution in [1.82, 2.24) is 9.80 Å². The first kappa shape index (κ1) is 39.9. The Morgan fingerprint density at radius 2 is 0.750 bits per heavy atom. The number of rotatable bonds is 28. The van der Waals surface area contributed by atoms with Crippen molar-refractivity contribution in [1.29, 1.82) is 0 Å². The highest BCUT2D eigenvalue weighted by molar-refractivity contribution is 6.13. The third-order valence-corrected chi connectivity index (χ3v) is 11.1. The summed E-state index contributed by atoms with van der Waals surface area (Å²) in [6.45, 7) is 5.70. The summed E-state index contributed by atoms with van der Waals surface area (Å²) in [6.07, 6.45) is 38.3. The van der Waals surface area contributed by atoms with E-state index >= 15 is 0 Å². The Kier molecular flexibility index (Phi) is 19.8. The van der Waals surface area contributed by atoms with Crippen LogP contribution < -0.4 is 0 Å². The molecule has 6 heteroatoms. The van der Waals surface area contributed by atoms with E-state index < -0.39 is 0 Å². The molecule has 0 radical (unpaired) electrons. The zero-order valence-electron chi connectivity index (χ0n) is 30.8. The van der Waals surface area contributed by atoms with Crippen molar-refractivity contribution < 1.29 is 19.2 Å². The van der Waals surface area contributed by atoms with Gasteiger partial charge in [-0.15, -0.1) is 0 Å². The molecule has 3 rings (SSSR count). The fourth-order valence-electron chi connectivity index (χ4n) is 8.09. The summed E-state index contributed by atoms with van der Waals surface area (Å²) in [7, 11) is 0. The quantitative estimate of drug-likeness (QED) is 0.0474. The fourth-order valence-corrected chi connectivity index (χ4v) is 8.09. The van der Waals surface area contributed by atoms with Crippen LogP contribution in [0.1, 0.15) is 181 Å². The number of hydrogen-bond donors (Lipinski definition) is 0. The Labute approximate surface area is 293 Å². The highest BCUT2D eigenvalue weighted by atomic mass is 16.2. The lowest BCUT2D eigenvalue weighted by Gasteiger charge is -2.36. The number of amides is 4. The van der Waals surface area contributed by atoms with Crippen LogP contribution in [0, 0.1) is 11.8 Å². The average molecular weight is 665 g/mol. The van der Waals surface area contributed by atoms with Crippen LogP contribution in [0.5, 0.6) is 0 Å². The van der Waals surface area contributed by atoms with Gasteiger partial charge in [-0.3, -0.25) is 29.0 Å². The van der Waals surface area contributed by atoms with Gasteiger partial charge in [-0.25, -0.2) is 0 Å². The Bertz CT molecular complexity index is 1050. The van der Waals surface area contributed by atoms with Gasteiger partial charge in [-0.05, 0) is 76.0 Å². The maximum atomic E-state index is 11.8. The van der Waals surface area contributed by atoms with Gasteiger partial charge in [0.2, 0.25) is 0 Å². The summed E-state index contributed by atoms with van der Waals surface area (Å²) in [5.41, 5.74) is 3.62. The molecule has 270 valence electrons. The maximum absolute atomic E-state index is 11.8. The SMILES string of the molecule is CCCCCCCC1=C(CCCCCCCN2C(=O)C=CC2=O)CC(CCCCCCCN2C(=O)C=CC2=O)C(CCCCCCC)C1. The molecule has 0 aromatic carbocycles. The highest BCUT2D eigenvalue weighted by Gasteiger charge is 2.29. The van der Waals surface area contributed by atoms with Crippen molar-refractivity contribution >= 4 is 23.6 Å². The van der Waals surface area contributed by atoms with E-state index in [1.54, 1.807) is 5.57 Å². The predicted molar refractivity (Wildman–Crippen MR) is 197 cm³/mol. The van der Waals surface area contributed by atoms with Crippen LogP contribution in [0.2, 0.25) is 0 Å². The van der Waals surface area contributed by atoms with Crippen LogP contribution in [-0.4, -0.2) is 46.5 Å². The largest absolute Gasteiger partial charge is 0.275 e. The minimum Gasteiger partial charge on any atom is -0.275 e. The lowest BCUT2D eigenvalue weighted by molar-refractivity contribution is -0.138. The van der Waals surface area contributed by atoms with E-state index in [1.807, 2.05) is 5.57 Å². The number of imide groups is 2. The summed E-state index contributed by atoms with van der Waals surface area (Å²) in [4.78, 5) is 50.0. The van der Waals surface area contributed by atoms with E-state index in [9.17, 15) is 19.2 Å². The van der Waals surface area contributed by atoms with E-state index in [-0.39, 0.29) is 23.6 Å². The van der Waals surface area contributed by atoms with Crippen molar-refractivity contribution in [2.45, 2.75) is 181 Å². The number of carbonyl (C=O) groups excluding carboxylic acids is 4. The van der Waals surface area contributed by atoms with Crippen molar-refractivity contribution in [3.05, 3.63) is 35.5 Å². The molecule has 0 spiro atoms. The third kappa shape index (κ3) is 14.5. The second-order valence-corrected chi connectivity index (χ2v) is 14.9. The minimum absolute atomic E-state index is 0.159. The van der Waals surface area contributed by atoms with Crippen molar-refractivity contribution in [2.75, 3.05) is 13.1 Å². The molecule has 6 nitrogen and oxygen atoms in total. The first-order valence-electron chi connectivity index (χ1n) is 20.2. The van der Waals surface area contributed by atoms with Crippen LogP contribution in [0.15, 0.2) is 35.5 Å². The summed E-state index contributed by atoms with van der Waals surface area (Å²) >= 11 is 0. The second kappa shape index (κ2) is 23.8. The molecule has 2 unspecified atom stereocenters. The fraction of sp³-hybridized carbons (Fsp3) is 0.762. The normalized spacial score (nSPS) is 19.6. The molecular weight excluding hydrogens is 596 g/mol. The third-order valence-electron chi connectivity index (χ3n) is 11.1. The van der Waals surface area contributed by atoms with Gasteiger partial charge >= 0.3 is 0 Å². The molecule has 0 aromatic rings. The van der Waals surface area contributed by atoms with Gasteiger partial charge in [0.25, 0.3) is 23.6 Å². The van der Waals surface area contributed by atoms with E-state index in [1.165, 1.54) is 175 Å². The van der Waals surface area contributed by atoms with Gasteiger partial charge in [0, 0.05) is 37.4 Å². The van der Waals surface area contributed by atoms with Gasteiger partial charge in [-0.2, -0.15) is 0 Å². The smallest absolute Gasteiger partial charge is 0.253 e. The van der Waals surface area contributed by atoms with Crippen LogP contribution in [0.3, 0.4) is 0 Å². The van der Waals surface area contributed by atoms with Crippen molar-refractivity contribution in [2.24, 2.45) is 11.8 Å². The molecule has 0 fully saturated rings. The van der Waals surface area contributed by atoms with Gasteiger partial charge in [0.1, 0.15) is 0 Å². The zero-order chi connectivity index (χ0) is 34.4. The summed E-state index contributed by atoms with van der Waals surface area (Å²) < 4.78 is 0. The molecule has 0 N–H and O–H groups in total. The van der Waals surface area contributed by atoms with Crippen LogP contribution in [0.25, 0.3) is 0 Å². The topological polar surface area (TPSA) is 74.8 Å². The number of allylic oxidation sites excluding steroid dienone is 2. The number of unbranched alkanes of at least 4 members (excludes halogenated alkanes) is 16. The van der Waals surface area contributed by atoms with Gasteiger partial charge < -0.3 is 0 Å². The zero-order valence-corrected chi connectivity index (χ0v) is 30.8. The first-order chi connectivity index (χ1) is 23.4. The van der Waals surface area contributed by atoms with Crippen molar-refractivity contribution in [3.8, 4) is 0 Å². The molecule has 0 saturated carbocycles. The van der Waals surface area contributed by atoms with Crippen LogP contribution in [-0.2, 0) is 19.2 Å². The molecule has 4 amide bonds. The van der Waals surface area contributed by atoms with Gasteiger partial charge in [-0.1, -0.05) is 128 Å². The minimum atomic E-state index is -0.161. The van der Waals surface area contributed by atoms with Crippen LogP contribution in [0.4, 0.5) is 0 Å².